The lowest BCUT2D eigenvalue weighted by Gasteiger charge is -2.31. The Morgan fingerprint density at radius 1 is 1.23 bits per heavy atom. The number of likely N-dealkylation sites (tertiary alicyclic amines) is 1. The summed E-state index contributed by atoms with van der Waals surface area (Å²) >= 11 is 0. The highest BCUT2D eigenvalue weighted by atomic mass is 19.1. The molecule has 2 aromatic heterocycles. The number of β-amino-alcohol motifs (C(OH)–C–C–N with tert-alkyl or cyclic N) is 1. The van der Waals surface area contributed by atoms with Crippen molar-refractivity contribution in [2.75, 3.05) is 6.54 Å². The van der Waals surface area contributed by atoms with Crippen LogP contribution >= 0.6 is 0 Å². The van der Waals surface area contributed by atoms with Gasteiger partial charge in [-0.15, -0.1) is 0 Å². The predicted molar refractivity (Wildman–Crippen MR) is 150 cm³/mol. The Labute approximate surface area is 245 Å². The van der Waals surface area contributed by atoms with Crippen LogP contribution in [0.3, 0.4) is 0 Å². The highest BCUT2D eigenvalue weighted by Gasteiger charge is 2.46. The lowest BCUT2D eigenvalue weighted by molar-refractivity contribution is -0.172. The Morgan fingerprint density at radius 3 is 2.72 bits per heavy atom. The van der Waals surface area contributed by atoms with E-state index in [0.717, 1.165) is 16.5 Å². The van der Waals surface area contributed by atoms with Gasteiger partial charge in [0.1, 0.15) is 18.5 Å². The van der Waals surface area contributed by atoms with E-state index < -0.39 is 47.0 Å². The first kappa shape index (κ1) is 27.7. The van der Waals surface area contributed by atoms with E-state index in [9.17, 15) is 29.4 Å². The second-order valence-electron chi connectivity index (χ2n) is 12.0. The average Bonchev–Trinajstić information content (AvgIpc) is 3.55. The summed E-state index contributed by atoms with van der Waals surface area (Å²) < 4.78 is 21.8. The maximum Gasteiger partial charge on any atom is 0.343 e. The first-order valence-corrected chi connectivity index (χ1v) is 14.5. The van der Waals surface area contributed by atoms with Crippen molar-refractivity contribution in [3.63, 3.8) is 0 Å². The number of hydrogen-bond donors (Lipinski definition) is 3. The number of halogens is 1. The van der Waals surface area contributed by atoms with Gasteiger partial charge >= 0.3 is 5.97 Å². The lowest BCUT2D eigenvalue weighted by atomic mass is 9.81. The number of carbonyl (C=O) groups excluding carboxylic acids is 3. The molecule has 0 unspecified atom stereocenters. The van der Waals surface area contributed by atoms with Crippen LogP contribution in [0.5, 0.6) is 0 Å². The monoisotopic (exact) mass is 590 g/mol. The van der Waals surface area contributed by atoms with E-state index in [4.69, 9.17) is 9.72 Å². The van der Waals surface area contributed by atoms with Crippen molar-refractivity contribution < 1.29 is 33.7 Å². The topological polar surface area (TPSA) is 151 Å². The molecule has 2 amide bonds. The van der Waals surface area contributed by atoms with Gasteiger partial charge in [0.25, 0.3) is 5.56 Å². The van der Waals surface area contributed by atoms with Crippen molar-refractivity contribution in [1.29, 1.82) is 0 Å². The molecule has 224 valence electrons. The number of rotatable bonds is 3. The molecule has 12 heteroatoms. The van der Waals surface area contributed by atoms with Gasteiger partial charge in [-0.2, -0.15) is 0 Å². The van der Waals surface area contributed by atoms with Gasteiger partial charge < -0.3 is 29.7 Å². The zero-order valence-electron chi connectivity index (χ0n) is 24.0. The molecular formula is C31H31FN4O7. The third kappa shape index (κ3) is 3.82. The van der Waals surface area contributed by atoms with Crippen molar-refractivity contribution in [3.05, 3.63) is 61.7 Å². The summed E-state index contributed by atoms with van der Waals surface area (Å²) in [6.07, 6.45) is 0.242. The first-order valence-electron chi connectivity index (χ1n) is 14.5. The Balaban J connectivity index is 1.41. The van der Waals surface area contributed by atoms with Crippen molar-refractivity contribution >= 4 is 28.7 Å². The highest BCUT2D eigenvalue weighted by Crippen LogP contribution is 2.46. The van der Waals surface area contributed by atoms with E-state index in [2.05, 4.69) is 5.32 Å². The molecule has 1 fully saturated rings. The lowest BCUT2D eigenvalue weighted by Crippen LogP contribution is -2.46. The number of benzene rings is 1. The number of hydrogen-bond acceptors (Lipinski definition) is 8. The van der Waals surface area contributed by atoms with Crippen LogP contribution in [-0.2, 0) is 44.3 Å². The highest BCUT2D eigenvalue weighted by molar-refractivity contribution is 5.94. The van der Waals surface area contributed by atoms with Crippen molar-refractivity contribution in [2.24, 2.45) is 0 Å². The van der Waals surface area contributed by atoms with E-state index in [1.54, 1.807) is 19.9 Å². The largest absolute Gasteiger partial charge is 0.458 e. The van der Waals surface area contributed by atoms with E-state index in [0.29, 0.717) is 40.9 Å². The molecule has 1 saturated heterocycles. The fourth-order valence-corrected chi connectivity index (χ4v) is 7.38. The molecule has 1 aliphatic carbocycles. The van der Waals surface area contributed by atoms with Crippen molar-refractivity contribution in [1.82, 2.24) is 19.8 Å². The van der Waals surface area contributed by atoms with Crippen LogP contribution in [0.25, 0.3) is 22.3 Å². The molecule has 5 heterocycles. The molecule has 11 nitrogen and oxygen atoms in total. The number of ether oxygens (including phenoxy) is 1. The minimum Gasteiger partial charge on any atom is -0.458 e. The van der Waals surface area contributed by atoms with E-state index in [1.807, 2.05) is 0 Å². The molecule has 0 bridgehead atoms. The van der Waals surface area contributed by atoms with E-state index >= 15 is 4.39 Å². The van der Waals surface area contributed by atoms with Gasteiger partial charge in [-0.1, -0.05) is 6.92 Å². The van der Waals surface area contributed by atoms with Crippen LogP contribution in [0.2, 0.25) is 0 Å². The van der Waals surface area contributed by atoms with Gasteiger partial charge in [-0.3, -0.25) is 14.4 Å². The summed E-state index contributed by atoms with van der Waals surface area (Å²) in [5.41, 5.74) is 1.83. The van der Waals surface area contributed by atoms with Crippen molar-refractivity contribution in [2.45, 2.75) is 83.4 Å². The number of carbonyl (C=O) groups is 3. The standard InChI is InChI=1S/C31H31FN4O7/c1-4-31(42)19-8-23-27-17(11-36(23)29(40)18(19)12-43-30(31)41)26-21(34-28(39)24-7-15(38)10-35(24)14(3)37)6-5-16-13(2)20(32)9-22(33-27)25(16)26/h8-9,15,21,24,38,42H,4-7,10-12H2,1-3H3,(H,34,39)/t15-,21-,24-,31-/m0/s1. The molecule has 3 aromatic rings. The summed E-state index contributed by atoms with van der Waals surface area (Å²) in [6.45, 7) is 4.63. The number of aryl methyl sites for hydroxylation is 1. The van der Waals surface area contributed by atoms with Gasteiger partial charge in [0.05, 0.1) is 41.2 Å². The predicted octanol–water partition coefficient (Wildman–Crippen LogP) is 1.61. The minimum atomic E-state index is -1.99. The number of fused-ring (bicyclic) bond motifs is 5. The molecule has 0 saturated carbocycles. The quantitative estimate of drug-likeness (QED) is 0.305. The zero-order chi connectivity index (χ0) is 30.5. The fraction of sp³-hybridized carbons (Fsp3) is 0.452. The minimum absolute atomic E-state index is 0.0000802. The molecule has 3 N–H and O–H groups in total. The van der Waals surface area contributed by atoms with E-state index in [-0.39, 0.29) is 49.6 Å². The second kappa shape index (κ2) is 9.42. The number of nitrogens with one attached hydrogen (secondary N) is 1. The Bertz CT molecular complexity index is 1850. The zero-order valence-corrected chi connectivity index (χ0v) is 24.0. The number of cyclic esters (lactones) is 1. The van der Waals surface area contributed by atoms with Gasteiger partial charge in [-0.25, -0.2) is 14.2 Å². The molecule has 0 spiro atoms. The summed E-state index contributed by atoms with van der Waals surface area (Å²) in [5.74, 6) is -1.94. The Hall–Kier alpha value is -4.16. The van der Waals surface area contributed by atoms with Crippen LogP contribution in [0, 0.1) is 12.7 Å². The molecule has 3 aliphatic heterocycles. The number of aliphatic hydroxyl groups excluding tert-OH is 1. The molecule has 1 aromatic carbocycles. The van der Waals surface area contributed by atoms with E-state index in [1.165, 1.54) is 22.5 Å². The summed E-state index contributed by atoms with van der Waals surface area (Å²) in [7, 11) is 0. The summed E-state index contributed by atoms with van der Waals surface area (Å²) in [6, 6.07) is 1.59. The Kier molecular flexibility index (Phi) is 6.06. The van der Waals surface area contributed by atoms with Gasteiger partial charge in [0.2, 0.25) is 11.8 Å². The maximum atomic E-state index is 15.1. The Morgan fingerprint density at radius 2 is 2.00 bits per heavy atom. The molecular weight excluding hydrogens is 559 g/mol. The van der Waals surface area contributed by atoms with Crippen LogP contribution in [-0.4, -0.2) is 61.1 Å². The van der Waals surface area contributed by atoms with Crippen LogP contribution in [0.4, 0.5) is 4.39 Å². The maximum absolute atomic E-state index is 15.1. The molecule has 7 rings (SSSR count). The van der Waals surface area contributed by atoms with Crippen molar-refractivity contribution in [3.8, 4) is 11.4 Å². The number of aromatic nitrogens is 2. The average molecular weight is 591 g/mol. The smallest absolute Gasteiger partial charge is 0.343 e. The fourth-order valence-electron chi connectivity index (χ4n) is 7.38. The van der Waals surface area contributed by atoms with Crippen LogP contribution in [0.1, 0.15) is 72.5 Å². The van der Waals surface area contributed by atoms with Crippen LogP contribution in [0.15, 0.2) is 16.9 Å². The normalized spacial score (nSPS) is 25.3. The third-order valence-corrected chi connectivity index (χ3v) is 9.68. The van der Waals surface area contributed by atoms with Gasteiger partial charge in [0.15, 0.2) is 5.60 Å². The molecule has 0 radical (unpaired) electrons. The number of esters is 1. The molecule has 43 heavy (non-hydrogen) atoms. The van der Waals surface area contributed by atoms with Gasteiger partial charge in [-0.05, 0) is 48.9 Å². The summed E-state index contributed by atoms with van der Waals surface area (Å²) in [5, 5.41) is 25.2. The first-order chi connectivity index (χ1) is 20.4. The number of aliphatic hydroxyl groups is 2. The number of pyridine rings is 2. The van der Waals surface area contributed by atoms with Crippen LogP contribution < -0.4 is 10.9 Å². The number of nitrogens with zero attached hydrogens (tertiary/aromatic N) is 3. The molecule has 4 aliphatic rings. The summed E-state index contributed by atoms with van der Waals surface area (Å²) in [4.78, 5) is 58.3. The SMILES string of the molecule is CC[C@@]1(O)C(=O)OCc2c1cc1n(c2=O)Cc2c-1nc1cc(F)c(C)c3c1c2[C@@H](NC(=O)[C@@H]1C[C@H](O)CN1C(C)=O)CC3. The number of amides is 2. The molecule has 4 atom stereocenters. The van der Waals surface area contributed by atoms with Gasteiger partial charge in [0, 0.05) is 42.5 Å². The second-order valence-corrected chi connectivity index (χ2v) is 12.0. The third-order valence-electron chi connectivity index (χ3n) is 9.68.